The summed E-state index contributed by atoms with van der Waals surface area (Å²) in [6, 6.07) is 4.86. The fourth-order valence-electron chi connectivity index (χ4n) is 3.10. The van der Waals surface area contributed by atoms with Gasteiger partial charge in [-0.15, -0.1) is 0 Å². The molecule has 0 spiro atoms. The van der Waals surface area contributed by atoms with Crippen molar-refractivity contribution < 1.29 is 36.7 Å². The predicted molar refractivity (Wildman–Crippen MR) is 104 cm³/mol. The third-order valence-electron chi connectivity index (χ3n) is 5.54. The molecule has 4 nitrogen and oxygen atoms in total. The number of benzene rings is 2. The van der Waals surface area contributed by atoms with Crippen LogP contribution in [0.2, 0.25) is 0 Å². The number of ether oxygens (including phenoxy) is 1. The van der Waals surface area contributed by atoms with Crippen molar-refractivity contribution in [2.24, 2.45) is 0 Å². The number of rotatable bonds is 1. The summed E-state index contributed by atoms with van der Waals surface area (Å²) in [5.41, 5.74) is -0.403. The van der Waals surface area contributed by atoms with Gasteiger partial charge >= 0.3 is 7.12 Å². The molecule has 2 aromatic carbocycles. The van der Waals surface area contributed by atoms with Crippen molar-refractivity contribution in [1.82, 2.24) is 0 Å². The van der Waals surface area contributed by atoms with Crippen LogP contribution in [0.5, 0.6) is 11.5 Å². The first-order chi connectivity index (χ1) is 13.9. The van der Waals surface area contributed by atoms with Gasteiger partial charge in [0.05, 0.1) is 17.8 Å². The number of fused-ring (bicyclic) bond motifs is 1. The van der Waals surface area contributed by atoms with Gasteiger partial charge in [-0.05, 0) is 58.2 Å². The lowest BCUT2D eigenvalue weighted by Gasteiger charge is -2.32. The molecular formula is C21H23BF4O4. The van der Waals surface area contributed by atoms with Gasteiger partial charge in [0.1, 0.15) is 0 Å². The summed E-state index contributed by atoms with van der Waals surface area (Å²) in [5, 5.41) is 8.49. The Hall–Kier alpha value is -2.26. The minimum atomic E-state index is -1.20. The van der Waals surface area contributed by atoms with Crippen molar-refractivity contribution in [2.45, 2.75) is 51.7 Å². The molecule has 0 unspecified atom stereocenters. The monoisotopic (exact) mass is 426 g/mol. The maximum absolute atomic E-state index is 14.3. The Bertz CT molecular complexity index is 913. The van der Waals surface area contributed by atoms with E-state index in [2.05, 4.69) is 0 Å². The van der Waals surface area contributed by atoms with Crippen molar-refractivity contribution in [3.05, 3.63) is 53.1 Å². The van der Waals surface area contributed by atoms with E-state index in [0.717, 1.165) is 18.6 Å². The van der Waals surface area contributed by atoms with E-state index in [9.17, 15) is 17.6 Å². The average molecular weight is 426 g/mol. The molecule has 0 atom stereocenters. The van der Waals surface area contributed by atoms with Crippen LogP contribution in [0, 0.1) is 23.3 Å². The molecule has 9 heteroatoms. The largest absolute Gasteiger partial charge is 0.505 e. The van der Waals surface area contributed by atoms with Gasteiger partial charge in [0.2, 0.25) is 5.82 Å². The smallest absolute Gasteiger partial charge is 0.497 e. The Morgan fingerprint density at radius 2 is 1.57 bits per heavy atom. The van der Waals surface area contributed by atoms with Crippen molar-refractivity contribution in [1.29, 1.82) is 0 Å². The molecule has 2 aliphatic heterocycles. The molecule has 0 bridgehead atoms. The molecule has 162 valence electrons. The molecule has 0 saturated carbocycles. The Kier molecular flexibility index (Phi) is 6.07. The zero-order valence-electron chi connectivity index (χ0n) is 17.2. The third-order valence-corrected chi connectivity index (χ3v) is 5.54. The van der Waals surface area contributed by atoms with Gasteiger partial charge in [-0.1, -0.05) is 12.1 Å². The zero-order chi connectivity index (χ0) is 22.3. The summed E-state index contributed by atoms with van der Waals surface area (Å²) in [5.74, 6) is -4.76. The molecule has 1 N–H and O–H groups in total. The highest BCUT2D eigenvalue weighted by atomic mass is 19.2. The first-order valence-electron chi connectivity index (χ1n) is 9.57. The number of halogens is 4. The fraction of sp³-hybridized carbons (Fsp3) is 0.429. The van der Waals surface area contributed by atoms with E-state index in [1.807, 2.05) is 27.7 Å². The highest BCUT2D eigenvalue weighted by Crippen LogP contribution is 2.37. The second-order valence-corrected chi connectivity index (χ2v) is 8.20. The highest BCUT2D eigenvalue weighted by molar-refractivity contribution is 6.62. The Balaban J connectivity index is 0.000000239. The van der Waals surface area contributed by atoms with Gasteiger partial charge in [0.25, 0.3) is 0 Å². The standard InChI is InChI=1S/C15H19BF2O3.C6H4F2O/c1-14(2)15(3,4)21-16(20-14)10-8-9-6-5-7-19-13(9)12(18)11(10)17;7-4-2-1-3-5(9)6(4)8/h8H,5-7H2,1-4H3;1-3,9H. The molecule has 2 aliphatic rings. The van der Waals surface area contributed by atoms with Crippen molar-refractivity contribution >= 4 is 12.6 Å². The number of phenols is 1. The van der Waals surface area contributed by atoms with Gasteiger partial charge in [0.15, 0.2) is 29.0 Å². The molecule has 2 heterocycles. The summed E-state index contributed by atoms with van der Waals surface area (Å²) in [4.78, 5) is 0. The van der Waals surface area contributed by atoms with Crippen LogP contribution < -0.4 is 10.2 Å². The molecular weight excluding hydrogens is 403 g/mol. The van der Waals surface area contributed by atoms with Crippen molar-refractivity contribution in [3.8, 4) is 11.5 Å². The number of hydrogen-bond acceptors (Lipinski definition) is 4. The predicted octanol–water partition coefficient (Wildman–Crippen LogP) is 4.26. The summed E-state index contributed by atoms with van der Waals surface area (Å²) in [6.45, 7) is 7.93. The zero-order valence-corrected chi connectivity index (χ0v) is 17.2. The van der Waals surface area contributed by atoms with Crippen molar-refractivity contribution in [2.75, 3.05) is 6.61 Å². The fourth-order valence-corrected chi connectivity index (χ4v) is 3.10. The molecule has 2 aromatic rings. The van der Waals surface area contributed by atoms with Gasteiger partial charge in [-0.2, -0.15) is 8.78 Å². The van der Waals surface area contributed by atoms with E-state index in [1.54, 1.807) is 6.07 Å². The minimum Gasteiger partial charge on any atom is -0.505 e. The molecule has 0 amide bonds. The summed E-state index contributed by atoms with van der Waals surface area (Å²) >= 11 is 0. The number of aromatic hydroxyl groups is 1. The van der Waals surface area contributed by atoms with Gasteiger partial charge in [0, 0.05) is 5.46 Å². The van der Waals surface area contributed by atoms with Crippen LogP contribution in [0.3, 0.4) is 0 Å². The lowest BCUT2D eigenvalue weighted by atomic mass is 9.77. The first-order valence-corrected chi connectivity index (χ1v) is 9.57. The second-order valence-electron chi connectivity index (χ2n) is 8.20. The van der Waals surface area contributed by atoms with Crippen LogP contribution in [0.1, 0.15) is 39.7 Å². The van der Waals surface area contributed by atoms with Crippen LogP contribution in [0.15, 0.2) is 24.3 Å². The molecule has 0 aliphatic carbocycles. The quantitative estimate of drug-likeness (QED) is 0.547. The minimum absolute atomic E-state index is 0.0269. The molecule has 0 radical (unpaired) electrons. The molecule has 0 aromatic heterocycles. The molecule has 1 fully saturated rings. The molecule has 30 heavy (non-hydrogen) atoms. The first kappa shape index (κ1) is 22.4. The van der Waals surface area contributed by atoms with Crippen LogP contribution in [-0.4, -0.2) is 30.0 Å². The number of phenolic OH excluding ortho intramolecular Hbond substituents is 1. The van der Waals surface area contributed by atoms with Crippen LogP contribution >= 0.6 is 0 Å². The lowest BCUT2D eigenvalue weighted by molar-refractivity contribution is 0.00578. The van der Waals surface area contributed by atoms with Crippen LogP contribution in [0.4, 0.5) is 17.6 Å². The van der Waals surface area contributed by atoms with E-state index in [0.29, 0.717) is 18.6 Å². The highest BCUT2D eigenvalue weighted by Gasteiger charge is 2.53. The maximum atomic E-state index is 14.3. The second kappa shape index (κ2) is 8.11. The average Bonchev–Trinajstić information content (AvgIpc) is 2.90. The van der Waals surface area contributed by atoms with Crippen molar-refractivity contribution in [3.63, 3.8) is 0 Å². The van der Waals surface area contributed by atoms with E-state index in [-0.39, 0.29) is 11.2 Å². The van der Waals surface area contributed by atoms with E-state index in [4.69, 9.17) is 19.2 Å². The van der Waals surface area contributed by atoms with E-state index < -0.39 is 47.3 Å². The lowest BCUT2D eigenvalue weighted by Crippen LogP contribution is -2.41. The normalized spacial score (nSPS) is 18.9. The Morgan fingerprint density at radius 3 is 2.13 bits per heavy atom. The summed E-state index contributed by atoms with van der Waals surface area (Å²) < 4.78 is 69.5. The Labute approximate surface area is 172 Å². The molecule has 4 rings (SSSR count). The third kappa shape index (κ3) is 4.13. The van der Waals surface area contributed by atoms with E-state index >= 15 is 0 Å². The Morgan fingerprint density at radius 1 is 0.933 bits per heavy atom. The van der Waals surface area contributed by atoms with Crippen LogP contribution in [-0.2, 0) is 15.7 Å². The molecule has 1 saturated heterocycles. The number of hydrogen-bond donors (Lipinski definition) is 1. The van der Waals surface area contributed by atoms with Gasteiger partial charge in [-0.3, -0.25) is 0 Å². The number of aryl methyl sites for hydroxylation is 1. The SMILES string of the molecule is CC1(C)OB(c2cc3c(c(F)c2F)OCCC3)OC1(C)C.Oc1cccc(F)c1F. The topological polar surface area (TPSA) is 47.9 Å². The maximum Gasteiger partial charge on any atom is 0.497 e. The van der Waals surface area contributed by atoms with Gasteiger partial charge < -0.3 is 19.2 Å². The van der Waals surface area contributed by atoms with Crippen LogP contribution in [0.25, 0.3) is 0 Å². The van der Waals surface area contributed by atoms with E-state index in [1.165, 1.54) is 6.07 Å². The summed E-state index contributed by atoms with van der Waals surface area (Å²) in [7, 11) is -0.906. The summed E-state index contributed by atoms with van der Waals surface area (Å²) in [6.07, 6.45) is 1.46. The van der Waals surface area contributed by atoms with Gasteiger partial charge in [-0.25, -0.2) is 8.78 Å².